The fraction of sp³-hybridized carbons (Fsp3) is 0.571. The summed E-state index contributed by atoms with van der Waals surface area (Å²) in [5, 5.41) is 0. The largest absolute Gasteiger partial charge is 0.342 e. The van der Waals surface area contributed by atoms with Crippen LogP contribution < -0.4 is 5.48 Å². The predicted octanol–water partition coefficient (Wildman–Crippen LogP) is -0.00500. The molecule has 1 aliphatic heterocycles. The van der Waals surface area contributed by atoms with Crippen molar-refractivity contribution < 1.29 is 4.84 Å². The van der Waals surface area contributed by atoms with Gasteiger partial charge in [0.05, 0.1) is 13.2 Å². The summed E-state index contributed by atoms with van der Waals surface area (Å²) in [6.45, 7) is 5.82. The van der Waals surface area contributed by atoms with Gasteiger partial charge in [0, 0.05) is 13.6 Å². The first-order valence-electron chi connectivity index (χ1n) is 3.59. The lowest BCUT2D eigenvalue weighted by Gasteiger charge is -2.13. The van der Waals surface area contributed by atoms with Crippen LogP contribution in [0.4, 0.5) is 0 Å². The smallest absolute Gasteiger partial charge is 0.218 e. The summed E-state index contributed by atoms with van der Waals surface area (Å²) in [5.74, 6) is 0.798. The van der Waals surface area contributed by atoms with Crippen LogP contribution >= 0.6 is 0 Å². The topological polar surface area (TPSA) is 36.9 Å². The van der Waals surface area contributed by atoms with E-state index in [1.807, 2.05) is 11.9 Å². The molecule has 0 atom stereocenters. The van der Waals surface area contributed by atoms with Crippen LogP contribution in [0.15, 0.2) is 17.6 Å². The summed E-state index contributed by atoms with van der Waals surface area (Å²) in [7, 11) is 1.97. The van der Waals surface area contributed by atoms with Gasteiger partial charge in [0.25, 0.3) is 0 Å². The van der Waals surface area contributed by atoms with Gasteiger partial charge in [-0.25, -0.2) is 10.5 Å². The lowest BCUT2D eigenvalue weighted by atomic mass is 10.6. The zero-order valence-electron chi connectivity index (χ0n) is 6.71. The van der Waals surface area contributed by atoms with Crippen LogP contribution in [-0.2, 0) is 4.84 Å². The molecule has 0 unspecified atom stereocenters. The van der Waals surface area contributed by atoms with Gasteiger partial charge in [-0.05, 0) is 0 Å². The van der Waals surface area contributed by atoms with Crippen molar-refractivity contribution in [1.82, 2.24) is 10.4 Å². The van der Waals surface area contributed by atoms with Gasteiger partial charge in [0.2, 0.25) is 5.96 Å². The molecule has 4 heteroatoms. The molecule has 0 aromatic carbocycles. The van der Waals surface area contributed by atoms with Crippen LogP contribution in [0, 0.1) is 0 Å². The van der Waals surface area contributed by atoms with Crippen LogP contribution in [0.1, 0.15) is 0 Å². The van der Waals surface area contributed by atoms with Gasteiger partial charge in [-0.1, -0.05) is 6.08 Å². The highest BCUT2D eigenvalue weighted by Gasteiger charge is 2.10. The molecular formula is C7H13N3O. The Labute approximate surface area is 66.5 Å². The lowest BCUT2D eigenvalue weighted by molar-refractivity contribution is 0.103. The number of hydroxylamine groups is 1. The number of nitrogens with one attached hydrogen (secondary N) is 1. The van der Waals surface area contributed by atoms with Crippen molar-refractivity contribution in [2.24, 2.45) is 4.99 Å². The summed E-state index contributed by atoms with van der Waals surface area (Å²) in [4.78, 5) is 11.2. The van der Waals surface area contributed by atoms with Crippen LogP contribution in [0.25, 0.3) is 0 Å². The van der Waals surface area contributed by atoms with Crippen molar-refractivity contribution in [2.75, 3.05) is 26.7 Å². The Morgan fingerprint density at radius 1 is 1.91 bits per heavy atom. The fourth-order valence-corrected chi connectivity index (χ4v) is 0.808. The van der Waals surface area contributed by atoms with Gasteiger partial charge in [0.1, 0.15) is 0 Å². The maximum absolute atomic E-state index is 5.00. The maximum Gasteiger partial charge on any atom is 0.218 e. The second-order valence-electron chi connectivity index (χ2n) is 2.33. The number of guanidine groups is 1. The van der Waals surface area contributed by atoms with Gasteiger partial charge in [0.15, 0.2) is 0 Å². The van der Waals surface area contributed by atoms with Crippen molar-refractivity contribution in [3.8, 4) is 0 Å². The van der Waals surface area contributed by atoms with E-state index in [2.05, 4.69) is 17.1 Å². The van der Waals surface area contributed by atoms with Crippen molar-refractivity contribution in [2.45, 2.75) is 0 Å². The van der Waals surface area contributed by atoms with Crippen molar-refractivity contribution in [1.29, 1.82) is 0 Å². The number of nitrogens with zero attached hydrogens (tertiary/aromatic N) is 2. The summed E-state index contributed by atoms with van der Waals surface area (Å²) in [5.41, 5.74) is 2.74. The van der Waals surface area contributed by atoms with Crippen molar-refractivity contribution in [3.63, 3.8) is 0 Å². The van der Waals surface area contributed by atoms with E-state index in [1.165, 1.54) is 0 Å². The standard InChI is InChI=1S/C7H13N3O/c1-3-6-11-9-7-8-4-5-10(7)2/h3H,1,4-6H2,2H3,(H,8,9). The average molecular weight is 155 g/mol. The van der Waals surface area contributed by atoms with Gasteiger partial charge in [-0.3, -0.25) is 4.84 Å². The van der Waals surface area contributed by atoms with Gasteiger partial charge in [-0.15, -0.1) is 6.58 Å². The van der Waals surface area contributed by atoms with E-state index in [9.17, 15) is 0 Å². The highest BCUT2D eigenvalue weighted by Crippen LogP contribution is 1.94. The Balaban J connectivity index is 2.20. The van der Waals surface area contributed by atoms with E-state index in [4.69, 9.17) is 4.84 Å². The third-order valence-corrected chi connectivity index (χ3v) is 1.42. The number of likely N-dealkylation sites (N-methyl/N-ethyl adjacent to an activating group) is 1. The maximum atomic E-state index is 5.00. The second kappa shape index (κ2) is 3.98. The minimum atomic E-state index is 0.493. The van der Waals surface area contributed by atoms with Crippen molar-refractivity contribution in [3.05, 3.63) is 12.7 Å². The fourth-order valence-electron chi connectivity index (χ4n) is 0.808. The molecule has 0 saturated heterocycles. The van der Waals surface area contributed by atoms with Crippen molar-refractivity contribution >= 4 is 5.96 Å². The lowest BCUT2D eigenvalue weighted by Crippen LogP contribution is -2.35. The van der Waals surface area contributed by atoms with E-state index in [1.54, 1.807) is 6.08 Å². The molecule has 11 heavy (non-hydrogen) atoms. The molecule has 0 saturated carbocycles. The third kappa shape index (κ3) is 2.23. The molecule has 0 bridgehead atoms. The predicted molar refractivity (Wildman–Crippen MR) is 44.2 cm³/mol. The molecule has 0 spiro atoms. The average Bonchev–Trinajstić information content (AvgIpc) is 2.37. The quantitative estimate of drug-likeness (QED) is 0.354. The van der Waals surface area contributed by atoms with E-state index in [-0.39, 0.29) is 0 Å². The minimum Gasteiger partial charge on any atom is -0.342 e. The van der Waals surface area contributed by atoms with Gasteiger partial charge < -0.3 is 4.90 Å². The molecule has 0 amide bonds. The molecule has 1 N–H and O–H groups in total. The molecule has 0 fully saturated rings. The number of hydrogen-bond donors (Lipinski definition) is 1. The van der Waals surface area contributed by atoms with E-state index in [0.29, 0.717) is 6.61 Å². The molecule has 1 aliphatic rings. The Morgan fingerprint density at radius 3 is 3.27 bits per heavy atom. The monoisotopic (exact) mass is 155 g/mol. The minimum absolute atomic E-state index is 0.493. The second-order valence-corrected chi connectivity index (χ2v) is 2.33. The molecule has 0 aliphatic carbocycles. The highest BCUT2D eigenvalue weighted by molar-refractivity contribution is 5.80. The summed E-state index contributed by atoms with van der Waals surface area (Å²) in [6, 6.07) is 0. The Hall–Kier alpha value is -1.03. The molecule has 1 rings (SSSR count). The van der Waals surface area contributed by atoms with Crippen LogP contribution in [0.2, 0.25) is 0 Å². The molecule has 62 valence electrons. The Bertz CT molecular complexity index is 167. The third-order valence-electron chi connectivity index (χ3n) is 1.42. The number of aliphatic imine (C=N–C) groups is 1. The SMILES string of the molecule is C=CCONC1=NCCN1C. The first-order chi connectivity index (χ1) is 5.34. The van der Waals surface area contributed by atoms with Gasteiger partial charge >= 0.3 is 0 Å². The van der Waals surface area contributed by atoms with E-state index < -0.39 is 0 Å². The summed E-state index contributed by atoms with van der Waals surface area (Å²) in [6.07, 6.45) is 1.68. The first-order valence-corrected chi connectivity index (χ1v) is 3.59. The Morgan fingerprint density at radius 2 is 2.73 bits per heavy atom. The molecule has 0 radical (unpaired) electrons. The molecule has 0 aromatic heterocycles. The van der Waals surface area contributed by atoms with E-state index >= 15 is 0 Å². The summed E-state index contributed by atoms with van der Waals surface area (Å²) < 4.78 is 0. The molecule has 1 heterocycles. The number of hydrogen-bond acceptors (Lipinski definition) is 4. The van der Waals surface area contributed by atoms with E-state index in [0.717, 1.165) is 19.0 Å². The number of rotatable bonds is 3. The Kier molecular flexibility index (Phi) is 2.92. The molecule has 0 aromatic rings. The van der Waals surface area contributed by atoms with Crippen LogP contribution in [-0.4, -0.2) is 37.6 Å². The summed E-state index contributed by atoms with van der Waals surface area (Å²) >= 11 is 0. The zero-order valence-corrected chi connectivity index (χ0v) is 6.71. The molecule has 4 nitrogen and oxygen atoms in total. The zero-order chi connectivity index (χ0) is 8.10. The molecular weight excluding hydrogens is 142 g/mol. The van der Waals surface area contributed by atoms with Crippen LogP contribution in [0.3, 0.4) is 0 Å². The van der Waals surface area contributed by atoms with Gasteiger partial charge in [-0.2, -0.15) is 0 Å². The normalized spacial score (nSPS) is 16.5. The highest BCUT2D eigenvalue weighted by atomic mass is 16.6. The van der Waals surface area contributed by atoms with Crippen LogP contribution in [0.5, 0.6) is 0 Å². The first kappa shape index (κ1) is 8.07.